The second-order valence-corrected chi connectivity index (χ2v) is 8.35. The molecule has 1 aliphatic heterocycles. The molecule has 24 heavy (non-hydrogen) atoms. The van der Waals surface area contributed by atoms with E-state index in [1.165, 1.54) is 0 Å². The summed E-state index contributed by atoms with van der Waals surface area (Å²) in [4.78, 5) is 47.4. The average molecular weight is 420 g/mol. The molecule has 0 aromatic carbocycles. The summed E-state index contributed by atoms with van der Waals surface area (Å²) in [5.74, 6) is -0.601. The van der Waals surface area contributed by atoms with Gasteiger partial charge in [0.1, 0.15) is 5.69 Å². The first-order chi connectivity index (χ1) is 11.3. The Labute approximate surface area is 144 Å². The second-order valence-electron chi connectivity index (χ2n) is 4.49. The molecule has 0 saturated carbocycles. The van der Waals surface area contributed by atoms with Crippen LogP contribution < -0.4 is 5.73 Å². The van der Waals surface area contributed by atoms with E-state index >= 15 is 0 Å². The fourth-order valence-electron chi connectivity index (χ4n) is 1.90. The Morgan fingerprint density at radius 1 is 1.33 bits per heavy atom. The van der Waals surface area contributed by atoms with Crippen molar-refractivity contribution in [3.8, 4) is 0 Å². The fraction of sp³-hybridized carbons (Fsp3) is 0.556. The maximum Gasteiger partial charge on any atom is 0.344 e. The van der Waals surface area contributed by atoms with Gasteiger partial charge in [-0.05, 0) is 30.4 Å². The lowest BCUT2D eigenvalue weighted by molar-refractivity contribution is 0.0163. The maximum absolute atomic E-state index is 11.0. The Morgan fingerprint density at radius 2 is 2.08 bits per heavy atom. The minimum Gasteiger partial charge on any atom is -0.367 e. The number of nitrogens with two attached hydrogens (primary N) is 1. The third-order valence-electron chi connectivity index (χ3n) is 2.86. The number of carbonyl (C=O) groups excluding carboxylic acids is 1. The second kappa shape index (κ2) is 9.68. The van der Waals surface area contributed by atoms with E-state index in [2.05, 4.69) is 13.0 Å². The highest BCUT2D eigenvalue weighted by Crippen LogP contribution is 2.55. The molecule has 1 aromatic rings. The van der Waals surface area contributed by atoms with E-state index in [-0.39, 0.29) is 24.5 Å². The maximum atomic E-state index is 11.0. The fourth-order valence-corrected chi connectivity index (χ4v) is 4.55. The van der Waals surface area contributed by atoms with E-state index in [9.17, 15) is 9.69 Å². The Balaban J connectivity index is 1.72. The van der Waals surface area contributed by atoms with Gasteiger partial charge in [0.15, 0.2) is 0 Å². The zero-order valence-electron chi connectivity index (χ0n) is 12.0. The van der Waals surface area contributed by atoms with Crippen molar-refractivity contribution in [1.29, 1.82) is 0 Å². The first-order valence-corrected chi connectivity index (χ1v) is 10.6. The number of hydrogen-bond donors (Lipinski definition) is 5. The van der Waals surface area contributed by atoms with Gasteiger partial charge >= 0.3 is 25.8 Å². The molecule has 0 aliphatic carbocycles. The molecule has 1 amide bonds. The van der Waals surface area contributed by atoms with Crippen molar-refractivity contribution < 1.29 is 42.3 Å². The smallest absolute Gasteiger partial charge is 0.344 e. The quantitative estimate of drug-likeness (QED) is 0.365. The van der Waals surface area contributed by atoms with Gasteiger partial charge in [-0.3, -0.25) is 4.79 Å². The number of rotatable bonds is 9. The van der Waals surface area contributed by atoms with Gasteiger partial charge in [-0.1, -0.05) is 0 Å². The highest BCUT2D eigenvalue weighted by molar-refractivity contribution is 7.60. The third-order valence-corrected chi connectivity index (χ3v) is 6.37. The Morgan fingerprint density at radius 3 is 2.71 bits per heavy atom. The summed E-state index contributed by atoms with van der Waals surface area (Å²) in [6.45, 7) is 0.0103. The lowest BCUT2D eigenvalue weighted by atomic mass is 10.2. The summed E-state index contributed by atoms with van der Waals surface area (Å²) in [5, 5.41) is 0. The van der Waals surface area contributed by atoms with Crippen molar-refractivity contribution in [1.82, 2.24) is 4.37 Å². The van der Waals surface area contributed by atoms with Crippen molar-refractivity contribution in [3.05, 3.63) is 16.6 Å². The number of primary amides is 1. The summed E-state index contributed by atoms with van der Waals surface area (Å²) in [5.41, 5.74) is 5.34. The molecule has 0 spiro atoms. The van der Waals surface area contributed by atoms with Gasteiger partial charge in [0.05, 0.1) is 23.7 Å². The number of carbonyl (C=O) groups is 1. The van der Waals surface area contributed by atoms with E-state index < -0.39 is 31.7 Å². The van der Waals surface area contributed by atoms with Crippen LogP contribution in [0.1, 0.15) is 34.3 Å². The van der Waals surface area contributed by atoms with Crippen LogP contribution >= 0.6 is 37.3 Å². The van der Waals surface area contributed by atoms with Crippen molar-refractivity contribution in [2.45, 2.75) is 25.0 Å². The summed E-state index contributed by atoms with van der Waals surface area (Å²) in [6.07, 6.45) is 0.795. The van der Waals surface area contributed by atoms with Gasteiger partial charge in [-0.2, -0.15) is 4.37 Å². The molecule has 1 aromatic heterocycles. The van der Waals surface area contributed by atoms with Crippen LogP contribution in [0.3, 0.4) is 0 Å². The van der Waals surface area contributed by atoms with Crippen molar-refractivity contribution in [3.63, 3.8) is 0 Å². The summed E-state index contributed by atoms with van der Waals surface area (Å²) in [7, 11) is -7.88. The molecule has 1 fully saturated rings. The van der Waals surface area contributed by atoms with Crippen LogP contribution in [0, 0.1) is 0 Å². The molecule has 11 nitrogen and oxygen atoms in total. The summed E-state index contributed by atoms with van der Waals surface area (Å²) >= 11 is 1.14. The van der Waals surface area contributed by atoms with Crippen molar-refractivity contribution in [2.75, 3.05) is 6.61 Å². The topological polar surface area (TPSA) is 174 Å². The highest BCUT2D eigenvalue weighted by Gasteiger charge is 2.30. The molecular weight excluding hydrogens is 405 g/mol. The molecule has 2 rings (SSSR count). The molecule has 2 heterocycles. The normalized spacial score (nSPS) is 23.5. The summed E-state index contributed by atoms with van der Waals surface area (Å²) < 4.78 is 23.4. The summed E-state index contributed by atoms with van der Waals surface area (Å²) in [6, 6.07) is 1.58. The lowest BCUT2D eigenvalue weighted by Crippen LogP contribution is -2.13. The van der Waals surface area contributed by atoms with Crippen LogP contribution in [0.2, 0.25) is 0 Å². The van der Waals surface area contributed by atoms with Crippen LogP contribution in [-0.4, -0.2) is 42.6 Å². The van der Waals surface area contributed by atoms with Gasteiger partial charge in [0, 0.05) is 0 Å². The molecule has 1 saturated heterocycles. The molecule has 1 aliphatic rings. The number of nitrogens with zero attached hydrogens (tertiary/aromatic N) is 1. The minimum atomic E-state index is -2.79. The van der Waals surface area contributed by atoms with Crippen molar-refractivity contribution in [2.24, 2.45) is 5.73 Å². The number of amides is 1. The van der Waals surface area contributed by atoms with Gasteiger partial charge in [0.2, 0.25) is 0 Å². The van der Waals surface area contributed by atoms with Gasteiger partial charge in [-0.15, -0.1) is 0 Å². The monoisotopic (exact) mass is 420 g/mol. The highest BCUT2D eigenvalue weighted by atomic mass is 32.1. The molecule has 0 bridgehead atoms. The van der Waals surface area contributed by atoms with Gasteiger partial charge in [-0.25, -0.2) is 8.62 Å². The zero-order valence-corrected chi connectivity index (χ0v) is 15.5. The first kappa shape index (κ1) is 20.4. The third kappa shape index (κ3) is 6.42. The average Bonchev–Trinajstić information content (AvgIpc) is 3.13. The van der Waals surface area contributed by atoms with Crippen LogP contribution in [0.5, 0.6) is 0 Å². The van der Waals surface area contributed by atoms with E-state index in [1.54, 1.807) is 6.07 Å². The van der Waals surface area contributed by atoms with Crippen LogP contribution in [0.25, 0.3) is 0 Å². The van der Waals surface area contributed by atoms with Crippen LogP contribution in [-0.2, 0) is 17.9 Å². The molecule has 136 valence electrons. The van der Waals surface area contributed by atoms with E-state index in [4.69, 9.17) is 29.7 Å². The number of ether oxygens (including phenoxy) is 1. The SMILES string of the molecule is NC(=O)c1cc(C2CCC(COP(O)OP(O)OP(O)O)O2)sn1. The zero-order chi connectivity index (χ0) is 17.7. The van der Waals surface area contributed by atoms with Gasteiger partial charge in [0.25, 0.3) is 5.91 Å². The molecule has 6 N–H and O–H groups in total. The van der Waals surface area contributed by atoms with E-state index in [1.807, 2.05) is 0 Å². The molecular formula is C9H15N2O9P3S. The minimum absolute atomic E-state index is 0.0103. The van der Waals surface area contributed by atoms with Crippen LogP contribution in [0.4, 0.5) is 0 Å². The van der Waals surface area contributed by atoms with E-state index in [0.29, 0.717) is 12.8 Å². The van der Waals surface area contributed by atoms with Gasteiger partial charge < -0.3 is 34.6 Å². The van der Waals surface area contributed by atoms with E-state index in [0.717, 1.165) is 16.4 Å². The molecule has 15 heteroatoms. The molecule has 4 atom stereocenters. The molecule has 0 radical (unpaired) electrons. The first-order valence-electron chi connectivity index (χ1n) is 6.42. The van der Waals surface area contributed by atoms with Crippen LogP contribution in [0.15, 0.2) is 6.07 Å². The predicted octanol–water partition coefficient (Wildman–Crippen LogP) is 1.16. The Hall–Kier alpha value is 0.0700. The van der Waals surface area contributed by atoms with Crippen molar-refractivity contribution >= 4 is 43.2 Å². The Bertz CT molecular complexity index is 550. The predicted molar refractivity (Wildman–Crippen MR) is 85.2 cm³/mol. The Kier molecular flexibility index (Phi) is 8.22. The largest absolute Gasteiger partial charge is 0.367 e. The number of hydrogen-bond acceptors (Lipinski definition) is 11. The lowest BCUT2D eigenvalue weighted by Gasteiger charge is -2.16. The number of aromatic nitrogens is 1. The standard InChI is InChI=1S/C9H15N2O9P3S/c10-9(12)6-3-8(24-11-6)7-2-1-5(18-7)4-17-22(15)20-23(16)19-21(13)14/h3,5,7,13-16H,1-2,4H2,(H2,10,12). The molecule has 4 unspecified atom stereocenters.